The largest absolute Gasteiger partial charge is 0.451 e. The van der Waals surface area contributed by atoms with Gasteiger partial charge in [-0.1, -0.05) is 18.2 Å². The van der Waals surface area contributed by atoms with Crippen LogP contribution < -0.4 is 10.9 Å². The van der Waals surface area contributed by atoms with Gasteiger partial charge < -0.3 is 9.32 Å². The molecule has 2 fully saturated rings. The fourth-order valence-electron chi connectivity index (χ4n) is 3.31. The Hall–Kier alpha value is -2.83. The highest BCUT2D eigenvalue weighted by molar-refractivity contribution is 6.00. The lowest BCUT2D eigenvalue weighted by molar-refractivity contribution is -0.129. The summed E-state index contributed by atoms with van der Waals surface area (Å²) in [6.45, 7) is 2.22. The maximum Gasteiger partial charge on any atom is 0.305 e. The number of aryl methyl sites for hydroxylation is 1. The molecule has 1 aliphatic carbocycles. The SMILES string of the molecule is Cc1c(C(=O)NNC(=O)[C@@H]2CC(=O)N(C3CC3)C2)oc2ccccc12. The van der Waals surface area contributed by atoms with E-state index in [0.717, 1.165) is 23.8 Å². The van der Waals surface area contributed by atoms with Gasteiger partial charge in [-0.05, 0) is 25.8 Å². The third kappa shape index (κ3) is 2.86. The number of hydrogen-bond acceptors (Lipinski definition) is 4. The molecule has 1 saturated carbocycles. The van der Waals surface area contributed by atoms with Crippen molar-refractivity contribution in [3.8, 4) is 0 Å². The van der Waals surface area contributed by atoms with E-state index in [9.17, 15) is 14.4 Å². The van der Waals surface area contributed by atoms with Crippen LogP contribution in [0.15, 0.2) is 28.7 Å². The van der Waals surface area contributed by atoms with Crippen molar-refractivity contribution < 1.29 is 18.8 Å². The first kappa shape index (κ1) is 15.7. The average Bonchev–Trinajstić information content (AvgIpc) is 3.30. The number of para-hydroxylation sites is 1. The second-order valence-electron chi connectivity index (χ2n) is 6.67. The summed E-state index contributed by atoms with van der Waals surface area (Å²) in [6, 6.07) is 7.67. The second-order valence-corrected chi connectivity index (χ2v) is 6.67. The van der Waals surface area contributed by atoms with E-state index in [1.165, 1.54) is 0 Å². The zero-order chi connectivity index (χ0) is 17.6. The first-order valence-electron chi connectivity index (χ1n) is 8.42. The Morgan fingerprint density at radius 3 is 2.68 bits per heavy atom. The van der Waals surface area contributed by atoms with Gasteiger partial charge in [-0.15, -0.1) is 0 Å². The molecule has 7 heteroatoms. The highest BCUT2D eigenvalue weighted by Crippen LogP contribution is 2.32. The lowest BCUT2D eigenvalue weighted by Gasteiger charge is -2.15. The fourth-order valence-corrected chi connectivity index (χ4v) is 3.31. The van der Waals surface area contributed by atoms with E-state index in [1.807, 2.05) is 18.2 Å². The number of hydrazine groups is 1. The van der Waals surface area contributed by atoms with Crippen LogP contribution in [-0.2, 0) is 9.59 Å². The zero-order valence-corrected chi connectivity index (χ0v) is 13.9. The van der Waals surface area contributed by atoms with Gasteiger partial charge in [-0.25, -0.2) is 0 Å². The van der Waals surface area contributed by atoms with Crippen LogP contribution in [0.3, 0.4) is 0 Å². The summed E-state index contributed by atoms with van der Waals surface area (Å²) in [5, 5.41) is 0.862. The number of nitrogens with one attached hydrogen (secondary N) is 2. The molecule has 2 aromatic rings. The van der Waals surface area contributed by atoms with E-state index < -0.39 is 11.8 Å². The van der Waals surface area contributed by atoms with Gasteiger partial charge in [0.15, 0.2) is 5.76 Å². The summed E-state index contributed by atoms with van der Waals surface area (Å²) in [6.07, 6.45) is 2.23. The number of fused-ring (bicyclic) bond motifs is 1. The Kier molecular flexibility index (Phi) is 3.71. The molecule has 2 aliphatic rings. The van der Waals surface area contributed by atoms with Crippen molar-refractivity contribution in [1.29, 1.82) is 0 Å². The predicted molar refractivity (Wildman–Crippen MR) is 89.4 cm³/mol. The van der Waals surface area contributed by atoms with Crippen molar-refractivity contribution in [3.05, 3.63) is 35.6 Å². The van der Waals surface area contributed by atoms with E-state index in [4.69, 9.17) is 4.42 Å². The molecule has 1 saturated heterocycles. The molecular weight excluding hydrogens is 322 g/mol. The van der Waals surface area contributed by atoms with E-state index in [0.29, 0.717) is 18.2 Å². The van der Waals surface area contributed by atoms with Crippen LogP contribution in [0.5, 0.6) is 0 Å². The minimum absolute atomic E-state index is 0.0158. The molecule has 2 heterocycles. The Bertz CT molecular complexity index is 868. The highest BCUT2D eigenvalue weighted by Gasteiger charge is 2.41. The number of carbonyl (C=O) groups excluding carboxylic acids is 3. The maximum atomic E-state index is 12.3. The maximum absolute atomic E-state index is 12.3. The molecule has 0 radical (unpaired) electrons. The summed E-state index contributed by atoms with van der Waals surface area (Å²) in [5.74, 6) is -1.10. The van der Waals surface area contributed by atoms with Gasteiger partial charge in [-0.2, -0.15) is 0 Å². The third-order valence-electron chi connectivity index (χ3n) is 4.87. The van der Waals surface area contributed by atoms with Crippen LogP contribution >= 0.6 is 0 Å². The quantitative estimate of drug-likeness (QED) is 0.828. The first-order valence-corrected chi connectivity index (χ1v) is 8.42. The van der Waals surface area contributed by atoms with Crippen LogP contribution in [0.25, 0.3) is 11.0 Å². The molecule has 1 aliphatic heterocycles. The molecule has 7 nitrogen and oxygen atoms in total. The number of likely N-dealkylation sites (tertiary alicyclic amines) is 1. The lowest BCUT2D eigenvalue weighted by atomic mass is 10.1. The van der Waals surface area contributed by atoms with Crippen LogP contribution in [0.2, 0.25) is 0 Å². The number of benzene rings is 1. The minimum atomic E-state index is -0.509. The van der Waals surface area contributed by atoms with E-state index >= 15 is 0 Å². The summed E-state index contributed by atoms with van der Waals surface area (Å²) < 4.78 is 5.57. The summed E-state index contributed by atoms with van der Waals surface area (Å²) in [4.78, 5) is 38.2. The van der Waals surface area contributed by atoms with Gasteiger partial charge in [0, 0.05) is 30.0 Å². The molecule has 1 aromatic carbocycles. The van der Waals surface area contributed by atoms with E-state index in [2.05, 4.69) is 10.9 Å². The van der Waals surface area contributed by atoms with E-state index in [-0.39, 0.29) is 24.0 Å². The number of nitrogens with zero attached hydrogens (tertiary/aromatic N) is 1. The van der Waals surface area contributed by atoms with Gasteiger partial charge >= 0.3 is 5.91 Å². The van der Waals surface area contributed by atoms with Crippen molar-refractivity contribution in [1.82, 2.24) is 15.8 Å². The van der Waals surface area contributed by atoms with Crippen LogP contribution in [0, 0.1) is 12.8 Å². The molecule has 4 rings (SSSR count). The highest BCUT2D eigenvalue weighted by atomic mass is 16.3. The topological polar surface area (TPSA) is 91.7 Å². The monoisotopic (exact) mass is 341 g/mol. The Morgan fingerprint density at radius 2 is 1.96 bits per heavy atom. The van der Waals surface area contributed by atoms with Gasteiger partial charge in [0.05, 0.1) is 5.92 Å². The minimum Gasteiger partial charge on any atom is -0.451 e. The molecule has 25 heavy (non-hydrogen) atoms. The zero-order valence-electron chi connectivity index (χ0n) is 13.9. The third-order valence-corrected chi connectivity index (χ3v) is 4.87. The average molecular weight is 341 g/mol. The lowest BCUT2D eigenvalue weighted by Crippen LogP contribution is -2.45. The molecule has 1 atom stereocenters. The normalized spacial score (nSPS) is 20.1. The standard InChI is InChI=1S/C18H19N3O4/c1-10-13-4-2-3-5-14(13)25-16(10)18(24)20-19-17(23)11-8-15(22)21(9-11)12-6-7-12/h2-5,11-12H,6-9H2,1H3,(H,19,23)(H,20,24)/t11-/m1/s1. The Labute approximate surface area is 144 Å². The van der Waals surface area contributed by atoms with Gasteiger partial charge in [0.25, 0.3) is 0 Å². The summed E-state index contributed by atoms with van der Waals surface area (Å²) in [7, 11) is 0. The molecule has 0 unspecified atom stereocenters. The summed E-state index contributed by atoms with van der Waals surface area (Å²) >= 11 is 0. The van der Waals surface area contributed by atoms with Crippen molar-refractivity contribution in [2.24, 2.45) is 5.92 Å². The number of furan rings is 1. The molecule has 3 amide bonds. The number of rotatable bonds is 3. The second kappa shape index (κ2) is 5.91. The molecule has 130 valence electrons. The van der Waals surface area contributed by atoms with Crippen LogP contribution in [0.1, 0.15) is 35.4 Å². The molecule has 0 spiro atoms. The van der Waals surface area contributed by atoms with Gasteiger partial charge in [0.1, 0.15) is 5.58 Å². The van der Waals surface area contributed by atoms with Crippen LogP contribution in [-0.4, -0.2) is 35.2 Å². The Morgan fingerprint density at radius 1 is 1.20 bits per heavy atom. The molecular formula is C18H19N3O4. The van der Waals surface area contributed by atoms with E-state index in [1.54, 1.807) is 17.9 Å². The number of carbonyl (C=O) groups is 3. The fraction of sp³-hybridized carbons (Fsp3) is 0.389. The number of hydrogen-bond donors (Lipinski definition) is 2. The van der Waals surface area contributed by atoms with Crippen molar-refractivity contribution in [3.63, 3.8) is 0 Å². The predicted octanol–water partition coefficient (Wildman–Crippen LogP) is 1.51. The van der Waals surface area contributed by atoms with Crippen molar-refractivity contribution in [2.45, 2.75) is 32.2 Å². The molecule has 0 bridgehead atoms. The Balaban J connectivity index is 1.39. The smallest absolute Gasteiger partial charge is 0.305 e. The van der Waals surface area contributed by atoms with Crippen molar-refractivity contribution in [2.75, 3.05) is 6.54 Å². The molecule has 1 aromatic heterocycles. The molecule has 2 N–H and O–H groups in total. The van der Waals surface area contributed by atoms with Gasteiger partial charge in [0.2, 0.25) is 11.8 Å². The van der Waals surface area contributed by atoms with Gasteiger partial charge in [-0.3, -0.25) is 25.2 Å². The van der Waals surface area contributed by atoms with Crippen LogP contribution in [0.4, 0.5) is 0 Å². The number of amides is 3. The van der Waals surface area contributed by atoms with Crippen molar-refractivity contribution >= 4 is 28.7 Å². The first-order chi connectivity index (χ1) is 12.0. The summed E-state index contributed by atoms with van der Waals surface area (Å²) in [5.41, 5.74) is 6.15.